The number of nitrogens with zero attached hydrogens (tertiary/aromatic N) is 2. The summed E-state index contributed by atoms with van der Waals surface area (Å²) in [5, 5.41) is 15.5. The van der Waals surface area contributed by atoms with Gasteiger partial charge < -0.3 is 10.0 Å². The van der Waals surface area contributed by atoms with Crippen molar-refractivity contribution in [2.24, 2.45) is 0 Å². The maximum atomic E-state index is 12.3. The minimum atomic E-state index is -2.60. The van der Waals surface area contributed by atoms with Crippen molar-refractivity contribution in [3.8, 4) is 0 Å². The normalized spacial score (nSPS) is 11.0. The van der Waals surface area contributed by atoms with E-state index in [1.54, 1.807) is 13.8 Å². The first-order valence-electron chi connectivity index (χ1n) is 5.63. The molecule has 0 unspecified atom stereocenters. The molecular weight excluding hydrogens is 244 g/mol. The number of aliphatic hydroxyl groups is 1. The summed E-state index contributed by atoms with van der Waals surface area (Å²) in [6, 6.07) is 0. The van der Waals surface area contributed by atoms with E-state index in [1.807, 2.05) is 0 Å². The Morgan fingerprint density at radius 1 is 1.50 bits per heavy atom. The van der Waals surface area contributed by atoms with Gasteiger partial charge in [-0.25, -0.2) is 8.78 Å². The second kappa shape index (κ2) is 6.44. The van der Waals surface area contributed by atoms with E-state index in [0.717, 1.165) is 16.2 Å². The Morgan fingerprint density at radius 3 is 2.61 bits per heavy atom. The molecule has 7 heteroatoms. The maximum Gasteiger partial charge on any atom is 0.255 e. The summed E-state index contributed by atoms with van der Waals surface area (Å²) in [5.41, 5.74) is 2.15. The Morgan fingerprint density at radius 2 is 2.17 bits per heavy atom. The number of aromatic nitrogens is 2. The highest BCUT2D eigenvalue weighted by Crippen LogP contribution is 2.12. The van der Waals surface area contributed by atoms with Crippen molar-refractivity contribution in [2.45, 2.75) is 26.7 Å². The van der Waals surface area contributed by atoms with E-state index in [1.165, 1.54) is 0 Å². The fraction of sp³-hybridized carbons (Fsp3) is 0.636. The maximum absolute atomic E-state index is 12.3. The van der Waals surface area contributed by atoms with Crippen LogP contribution in [0.5, 0.6) is 0 Å². The van der Waals surface area contributed by atoms with Crippen LogP contribution in [0.1, 0.15) is 17.0 Å². The van der Waals surface area contributed by atoms with Crippen LogP contribution in [0.4, 0.5) is 8.78 Å². The van der Waals surface area contributed by atoms with Gasteiger partial charge in [0.1, 0.15) is 0 Å². The van der Waals surface area contributed by atoms with Crippen molar-refractivity contribution in [3.63, 3.8) is 0 Å². The number of amides is 1. The van der Waals surface area contributed by atoms with Crippen molar-refractivity contribution in [2.75, 3.05) is 19.7 Å². The smallest absolute Gasteiger partial charge is 0.255 e. The highest BCUT2D eigenvalue weighted by Gasteiger charge is 2.20. The number of rotatable bonds is 6. The number of hydrogen-bond acceptors (Lipinski definition) is 3. The van der Waals surface area contributed by atoms with Crippen LogP contribution in [0.25, 0.3) is 0 Å². The van der Waals surface area contributed by atoms with Crippen LogP contribution in [-0.4, -0.2) is 52.2 Å². The first-order valence-corrected chi connectivity index (χ1v) is 5.63. The van der Waals surface area contributed by atoms with E-state index in [-0.39, 0.29) is 19.6 Å². The van der Waals surface area contributed by atoms with Crippen molar-refractivity contribution in [3.05, 3.63) is 17.0 Å². The minimum absolute atomic E-state index is 0.0148. The van der Waals surface area contributed by atoms with Gasteiger partial charge in [-0.1, -0.05) is 0 Å². The standard InChI is InChI=1S/C11H17F2N3O2/c1-7-9(8(2)15-14-7)5-11(18)16(3-4-17)6-10(12)13/h10,17H,3-6H2,1-2H3,(H,14,15). The molecule has 1 rings (SSSR count). The number of aromatic amines is 1. The predicted octanol–water partition coefficient (Wildman–Crippen LogP) is 0.655. The van der Waals surface area contributed by atoms with E-state index < -0.39 is 18.9 Å². The van der Waals surface area contributed by atoms with Gasteiger partial charge in [0, 0.05) is 17.8 Å². The first kappa shape index (κ1) is 14.6. The van der Waals surface area contributed by atoms with E-state index >= 15 is 0 Å². The van der Waals surface area contributed by atoms with Crippen LogP contribution < -0.4 is 0 Å². The summed E-state index contributed by atoms with van der Waals surface area (Å²) in [6.07, 6.45) is -2.59. The van der Waals surface area contributed by atoms with E-state index in [0.29, 0.717) is 5.69 Å². The second-order valence-electron chi connectivity index (χ2n) is 4.04. The number of carbonyl (C=O) groups excluding carboxylic acids is 1. The third kappa shape index (κ3) is 3.76. The van der Waals surface area contributed by atoms with Crippen LogP contribution in [0, 0.1) is 13.8 Å². The van der Waals surface area contributed by atoms with Gasteiger partial charge in [0.25, 0.3) is 6.43 Å². The molecule has 102 valence electrons. The molecule has 1 aromatic heterocycles. The molecule has 0 atom stereocenters. The quantitative estimate of drug-likeness (QED) is 0.790. The van der Waals surface area contributed by atoms with Gasteiger partial charge in [-0.3, -0.25) is 9.89 Å². The molecule has 0 fully saturated rings. The lowest BCUT2D eigenvalue weighted by atomic mass is 10.1. The number of nitrogens with one attached hydrogen (secondary N) is 1. The topological polar surface area (TPSA) is 69.2 Å². The molecule has 1 heterocycles. The zero-order valence-electron chi connectivity index (χ0n) is 10.4. The number of hydrogen-bond donors (Lipinski definition) is 2. The molecule has 0 saturated heterocycles. The van der Waals surface area contributed by atoms with E-state index in [4.69, 9.17) is 5.11 Å². The average molecular weight is 261 g/mol. The lowest BCUT2D eigenvalue weighted by Gasteiger charge is -2.21. The average Bonchev–Trinajstić information content (AvgIpc) is 2.59. The molecular formula is C11H17F2N3O2. The highest BCUT2D eigenvalue weighted by atomic mass is 19.3. The third-order valence-electron chi connectivity index (χ3n) is 2.69. The van der Waals surface area contributed by atoms with Gasteiger partial charge in [0.05, 0.1) is 25.3 Å². The Kier molecular flexibility index (Phi) is 5.21. The fourth-order valence-corrected chi connectivity index (χ4v) is 1.70. The monoisotopic (exact) mass is 261 g/mol. The molecule has 0 aromatic carbocycles. The molecule has 5 nitrogen and oxygen atoms in total. The van der Waals surface area contributed by atoms with Crippen LogP contribution in [0.3, 0.4) is 0 Å². The molecule has 0 spiro atoms. The highest BCUT2D eigenvalue weighted by molar-refractivity contribution is 5.79. The Bertz CT molecular complexity index is 387. The molecule has 2 N–H and O–H groups in total. The van der Waals surface area contributed by atoms with Crippen LogP contribution in [-0.2, 0) is 11.2 Å². The molecule has 18 heavy (non-hydrogen) atoms. The van der Waals surface area contributed by atoms with Gasteiger partial charge in [-0.2, -0.15) is 5.10 Å². The molecule has 0 aliphatic rings. The number of alkyl halides is 2. The summed E-state index contributed by atoms with van der Waals surface area (Å²) >= 11 is 0. The second-order valence-corrected chi connectivity index (χ2v) is 4.04. The summed E-state index contributed by atoms with van der Waals surface area (Å²) < 4.78 is 24.6. The lowest BCUT2D eigenvalue weighted by molar-refractivity contribution is -0.133. The Balaban J connectivity index is 2.72. The Hall–Kier alpha value is -1.50. The summed E-state index contributed by atoms with van der Waals surface area (Å²) in [7, 11) is 0. The van der Waals surface area contributed by atoms with E-state index in [9.17, 15) is 13.6 Å². The largest absolute Gasteiger partial charge is 0.395 e. The number of carbonyl (C=O) groups is 1. The number of aryl methyl sites for hydroxylation is 2. The third-order valence-corrected chi connectivity index (χ3v) is 2.69. The molecule has 1 amide bonds. The van der Waals surface area contributed by atoms with Crippen molar-refractivity contribution in [1.29, 1.82) is 0 Å². The van der Waals surface area contributed by atoms with Crippen LogP contribution in [0.15, 0.2) is 0 Å². The molecule has 0 saturated carbocycles. The number of halogens is 2. The molecule has 0 bridgehead atoms. The SMILES string of the molecule is Cc1n[nH]c(C)c1CC(=O)N(CCO)CC(F)F. The van der Waals surface area contributed by atoms with Crippen molar-refractivity contribution >= 4 is 5.91 Å². The summed E-state index contributed by atoms with van der Waals surface area (Å²) in [5.74, 6) is -0.433. The zero-order valence-corrected chi connectivity index (χ0v) is 10.4. The first-order chi connectivity index (χ1) is 8.45. The van der Waals surface area contributed by atoms with Crippen molar-refractivity contribution in [1.82, 2.24) is 15.1 Å². The van der Waals surface area contributed by atoms with Crippen molar-refractivity contribution < 1.29 is 18.7 Å². The Labute approximate surface area is 104 Å². The van der Waals surface area contributed by atoms with Gasteiger partial charge in [0.15, 0.2) is 0 Å². The van der Waals surface area contributed by atoms with Crippen LogP contribution in [0.2, 0.25) is 0 Å². The molecule has 0 aliphatic heterocycles. The summed E-state index contributed by atoms with van der Waals surface area (Å²) in [4.78, 5) is 12.8. The summed E-state index contributed by atoms with van der Waals surface area (Å²) in [6.45, 7) is 2.44. The lowest BCUT2D eigenvalue weighted by Crippen LogP contribution is -2.38. The van der Waals surface area contributed by atoms with E-state index in [2.05, 4.69) is 10.2 Å². The van der Waals surface area contributed by atoms with Crippen LogP contribution >= 0.6 is 0 Å². The number of H-pyrrole nitrogens is 1. The van der Waals surface area contributed by atoms with Gasteiger partial charge in [-0.05, 0) is 13.8 Å². The minimum Gasteiger partial charge on any atom is -0.395 e. The van der Waals surface area contributed by atoms with Gasteiger partial charge in [0.2, 0.25) is 5.91 Å². The van der Waals surface area contributed by atoms with Gasteiger partial charge in [-0.15, -0.1) is 0 Å². The number of aliphatic hydroxyl groups excluding tert-OH is 1. The fourth-order valence-electron chi connectivity index (χ4n) is 1.70. The molecule has 0 aliphatic carbocycles. The van der Waals surface area contributed by atoms with Gasteiger partial charge >= 0.3 is 0 Å². The predicted molar refractivity (Wildman–Crippen MR) is 61.4 cm³/mol. The molecule has 1 aromatic rings. The molecule has 0 radical (unpaired) electrons. The zero-order chi connectivity index (χ0) is 13.7.